The van der Waals surface area contributed by atoms with Gasteiger partial charge in [-0.1, -0.05) is 12.1 Å². The van der Waals surface area contributed by atoms with Gasteiger partial charge in [0.2, 0.25) is 5.82 Å². The van der Waals surface area contributed by atoms with Gasteiger partial charge in [-0.15, -0.1) is 10.2 Å². The highest BCUT2D eigenvalue weighted by Gasteiger charge is 2.14. The fourth-order valence-electron chi connectivity index (χ4n) is 1.91. The number of tetrazole rings is 1. The number of hydrogen-bond acceptors (Lipinski definition) is 5. The number of benzene rings is 1. The second-order valence-corrected chi connectivity index (χ2v) is 4.29. The molecule has 106 valence electrons. The van der Waals surface area contributed by atoms with Gasteiger partial charge in [-0.25, -0.2) is 0 Å². The van der Waals surface area contributed by atoms with Crippen molar-refractivity contribution in [1.82, 2.24) is 30.4 Å². The third kappa shape index (κ3) is 2.64. The summed E-state index contributed by atoms with van der Waals surface area (Å²) in [6, 6.07) is 8.93. The molecule has 0 bridgehead atoms. The van der Waals surface area contributed by atoms with Gasteiger partial charge in [0, 0.05) is 18.3 Å². The number of aromatic amines is 1. The lowest BCUT2D eigenvalue weighted by molar-refractivity contribution is 0.102. The van der Waals surface area contributed by atoms with Crippen LogP contribution in [0.5, 0.6) is 0 Å². The Kier molecular flexibility index (Phi) is 3.42. The molecule has 2 heterocycles. The Balaban J connectivity index is 1.86. The number of aromatic nitrogens is 6. The topological polar surface area (TPSA) is 101 Å². The Morgan fingerprint density at radius 3 is 2.90 bits per heavy atom. The maximum Gasteiger partial charge on any atom is 0.276 e. The van der Waals surface area contributed by atoms with E-state index in [0.717, 1.165) is 0 Å². The maximum atomic E-state index is 12.2. The van der Waals surface area contributed by atoms with Crippen molar-refractivity contribution in [1.29, 1.82) is 0 Å². The number of H-pyrrole nitrogens is 1. The number of nitrogens with zero attached hydrogens (tertiary/aromatic N) is 5. The molecule has 0 aliphatic carbocycles. The molecule has 3 aromatic rings. The van der Waals surface area contributed by atoms with Crippen molar-refractivity contribution in [3.05, 3.63) is 42.2 Å². The van der Waals surface area contributed by atoms with Crippen molar-refractivity contribution in [3.63, 3.8) is 0 Å². The van der Waals surface area contributed by atoms with E-state index in [9.17, 15) is 4.79 Å². The lowest BCUT2D eigenvalue weighted by Gasteiger charge is -2.07. The van der Waals surface area contributed by atoms with Crippen molar-refractivity contribution in [2.75, 3.05) is 5.32 Å². The molecule has 2 aromatic heterocycles. The zero-order chi connectivity index (χ0) is 14.7. The summed E-state index contributed by atoms with van der Waals surface area (Å²) in [5.41, 5.74) is 1.66. The maximum absolute atomic E-state index is 12.2. The van der Waals surface area contributed by atoms with E-state index in [4.69, 9.17) is 0 Å². The molecule has 2 N–H and O–H groups in total. The highest BCUT2D eigenvalue weighted by Crippen LogP contribution is 2.24. The van der Waals surface area contributed by atoms with Crippen LogP contribution in [0.15, 0.2) is 36.5 Å². The number of para-hydroxylation sites is 1. The lowest BCUT2D eigenvalue weighted by atomic mass is 10.1. The van der Waals surface area contributed by atoms with Crippen LogP contribution in [-0.2, 0) is 6.54 Å². The van der Waals surface area contributed by atoms with E-state index in [1.54, 1.807) is 23.0 Å². The summed E-state index contributed by atoms with van der Waals surface area (Å²) in [5, 5.41) is 20.8. The van der Waals surface area contributed by atoms with Crippen LogP contribution in [0.2, 0.25) is 0 Å². The first kappa shape index (κ1) is 13.0. The summed E-state index contributed by atoms with van der Waals surface area (Å²) >= 11 is 0. The average molecular weight is 283 g/mol. The first-order valence-corrected chi connectivity index (χ1v) is 6.45. The fraction of sp³-hybridized carbons (Fsp3) is 0.154. The van der Waals surface area contributed by atoms with Gasteiger partial charge in [0.15, 0.2) is 5.69 Å². The van der Waals surface area contributed by atoms with E-state index in [1.807, 2.05) is 25.1 Å². The highest BCUT2D eigenvalue weighted by molar-refractivity contribution is 6.04. The summed E-state index contributed by atoms with van der Waals surface area (Å²) in [6.07, 6.45) is 1.76. The second kappa shape index (κ2) is 5.53. The number of carbonyl (C=O) groups is 1. The number of nitrogens with one attached hydrogen (secondary N) is 2. The average Bonchev–Trinajstić information content (AvgIpc) is 3.19. The summed E-state index contributed by atoms with van der Waals surface area (Å²) in [5.74, 6) is 0.142. The Labute approximate surface area is 120 Å². The summed E-state index contributed by atoms with van der Waals surface area (Å²) in [4.78, 5) is 12.2. The van der Waals surface area contributed by atoms with Crippen molar-refractivity contribution in [2.24, 2.45) is 0 Å². The van der Waals surface area contributed by atoms with Crippen LogP contribution in [0.1, 0.15) is 17.4 Å². The van der Waals surface area contributed by atoms with Crippen molar-refractivity contribution >= 4 is 11.6 Å². The normalized spacial score (nSPS) is 10.5. The molecule has 0 saturated heterocycles. The SMILES string of the molecule is CCn1ccc(C(=O)Nc2ccccc2-c2nn[nH]n2)n1. The van der Waals surface area contributed by atoms with Crippen LogP contribution in [0.25, 0.3) is 11.4 Å². The molecule has 21 heavy (non-hydrogen) atoms. The van der Waals surface area contributed by atoms with Crippen molar-refractivity contribution in [2.45, 2.75) is 13.5 Å². The first-order valence-electron chi connectivity index (χ1n) is 6.45. The van der Waals surface area contributed by atoms with Crippen LogP contribution >= 0.6 is 0 Å². The lowest BCUT2D eigenvalue weighted by Crippen LogP contribution is -2.14. The molecule has 0 radical (unpaired) electrons. The molecule has 0 fully saturated rings. The fourth-order valence-corrected chi connectivity index (χ4v) is 1.91. The number of carbonyl (C=O) groups excluding carboxylic acids is 1. The third-order valence-electron chi connectivity index (χ3n) is 2.96. The van der Waals surface area contributed by atoms with Gasteiger partial charge in [-0.05, 0) is 30.3 Å². The van der Waals surface area contributed by atoms with E-state index in [0.29, 0.717) is 29.3 Å². The molecule has 0 aliphatic heterocycles. The third-order valence-corrected chi connectivity index (χ3v) is 2.96. The molecule has 0 unspecified atom stereocenters. The number of aryl methyl sites for hydroxylation is 1. The van der Waals surface area contributed by atoms with Crippen LogP contribution in [0.4, 0.5) is 5.69 Å². The van der Waals surface area contributed by atoms with Crippen molar-refractivity contribution in [3.8, 4) is 11.4 Å². The van der Waals surface area contributed by atoms with E-state index in [2.05, 4.69) is 31.0 Å². The van der Waals surface area contributed by atoms with Crippen LogP contribution < -0.4 is 5.32 Å². The Hall–Kier alpha value is -3.03. The zero-order valence-corrected chi connectivity index (χ0v) is 11.3. The number of rotatable bonds is 4. The van der Waals surface area contributed by atoms with Gasteiger partial charge in [0.25, 0.3) is 5.91 Å². The zero-order valence-electron chi connectivity index (χ0n) is 11.3. The van der Waals surface area contributed by atoms with Gasteiger partial charge in [-0.3, -0.25) is 9.48 Å². The molecule has 0 aliphatic rings. The molecule has 8 heteroatoms. The van der Waals surface area contributed by atoms with Crippen LogP contribution in [-0.4, -0.2) is 36.3 Å². The monoisotopic (exact) mass is 283 g/mol. The molecule has 3 rings (SSSR count). The molecule has 1 aromatic carbocycles. The molecule has 0 spiro atoms. The van der Waals surface area contributed by atoms with Crippen LogP contribution in [0, 0.1) is 0 Å². The standard InChI is InChI=1S/C13H13N7O/c1-2-20-8-7-11(17-20)13(21)14-10-6-4-3-5-9(10)12-15-18-19-16-12/h3-8H,2H2,1H3,(H,14,21)(H,15,16,18,19). The van der Waals surface area contributed by atoms with Crippen LogP contribution in [0.3, 0.4) is 0 Å². The van der Waals surface area contributed by atoms with Gasteiger partial charge in [0.1, 0.15) is 0 Å². The number of anilines is 1. The highest BCUT2D eigenvalue weighted by atomic mass is 16.1. The molecular weight excluding hydrogens is 270 g/mol. The Morgan fingerprint density at radius 2 is 2.19 bits per heavy atom. The smallest absolute Gasteiger partial charge is 0.276 e. The van der Waals surface area contributed by atoms with Gasteiger partial charge in [-0.2, -0.15) is 10.3 Å². The molecule has 0 saturated carbocycles. The first-order chi connectivity index (χ1) is 10.3. The Bertz CT molecular complexity index is 747. The summed E-state index contributed by atoms with van der Waals surface area (Å²) in [7, 11) is 0. The van der Waals surface area contributed by atoms with E-state index < -0.39 is 0 Å². The minimum Gasteiger partial charge on any atom is -0.320 e. The largest absolute Gasteiger partial charge is 0.320 e. The van der Waals surface area contributed by atoms with Crippen molar-refractivity contribution < 1.29 is 4.79 Å². The van der Waals surface area contributed by atoms with E-state index >= 15 is 0 Å². The predicted octanol–water partition coefficient (Wildman–Crippen LogP) is 1.34. The molecular formula is C13H13N7O. The number of amides is 1. The predicted molar refractivity (Wildman–Crippen MR) is 75.5 cm³/mol. The van der Waals surface area contributed by atoms with Gasteiger partial charge >= 0.3 is 0 Å². The van der Waals surface area contributed by atoms with E-state index in [-0.39, 0.29) is 5.91 Å². The Morgan fingerprint density at radius 1 is 1.33 bits per heavy atom. The van der Waals surface area contributed by atoms with E-state index in [1.165, 1.54) is 0 Å². The minimum atomic E-state index is -0.279. The number of hydrogen-bond donors (Lipinski definition) is 2. The van der Waals surface area contributed by atoms with Gasteiger partial charge < -0.3 is 5.32 Å². The summed E-state index contributed by atoms with van der Waals surface area (Å²) < 4.78 is 1.69. The van der Waals surface area contributed by atoms with Gasteiger partial charge in [0.05, 0.1) is 5.69 Å². The second-order valence-electron chi connectivity index (χ2n) is 4.29. The molecule has 1 amide bonds. The quantitative estimate of drug-likeness (QED) is 0.752. The molecule has 0 atom stereocenters. The molecule has 8 nitrogen and oxygen atoms in total. The summed E-state index contributed by atoms with van der Waals surface area (Å²) in [6.45, 7) is 2.67. The minimum absolute atomic E-state index is 0.279.